The van der Waals surface area contributed by atoms with E-state index in [9.17, 15) is 13.2 Å². The van der Waals surface area contributed by atoms with Crippen LogP contribution in [0.5, 0.6) is 5.75 Å². The lowest BCUT2D eigenvalue weighted by molar-refractivity contribution is 0.0734. The number of nitrogens with two attached hydrogens (primary N) is 1. The highest BCUT2D eigenvalue weighted by Gasteiger charge is 2.23. The van der Waals surface area contributed by atoms with Crippen molar-refractivity contribution in [3.8, 4) is 5.75 Å². The number of hydrogen-bond donors (Lipinski definition) is 1. The standard InChI is InChI=1S/C28H34N4O4S/c1-30(2)16-6-17-31(20-22-7-4-3-5-8-22)26-12-9-24(10-13-26)28(33)32-18-15-23-11-14-27(19-25(23)21-32)36-37(29,34)35/h3-5,7-14,19H,6,15-18,20-21H2,1-2H3,(H2,29,34,35). The van der Waals surface area contributed by atoms with E-state index < -0.39 is 10.3 Å². The average molecular weight is 523 g/mol. The Balaban J connectivity index is 1.46. The smallest absolute Gasteiger partial charge is 0.371 e. The quantitative estimate of drug-likeness (QED) is 0.438. The molecule has 0 spiro atoms. The fourth-order valence-corrected chi connectivity index (χ4v) is 4.94. The molecule has 0 unspecified atom stereocenters. The third kappa shape index (κ3) is 7.55. The number of amides is 1. The summed E-state index contributed by atoms with van der Waals surface area (Å²) in [5.41, 5.74) is 4.86. The van der Waals surface area contributed by atoms with E-state index in [2.05, 4.69) is 48.2 Å². The summed E-state index contributed by atoms with van der Waals surface area (Å²) in [5.74, 6) is 0.0878. The van der Waals surface area contributed by atoms with Crippen molar-refractivity contribution < 1.29 is 17.4 Å². The van der Waals surface area contributed by atoms with E-state index in [0.717, 1.165) is 42.9 Å². The number of benzene rings is 3. The zero-order valence-electron chi connectivity index (χ0n) is 21.3. The van der Waals surface area contributed by atoms with E-state index in [-0.39, 0.29) is 11.7 Å². The van der Waals surface area contributed by atoms with Crippen molar-refractivity contribution in [1.29, 1.82) is 0 Å². The lowest BCUT2D eigenvalue weighted by Crippen LogP contribution is -2.36. The highest BCUT2D eigenvalue weighted by atomic mass is 32.2. The van der Waals surface area contributed by atoms with Crippen LogP contribution in [0.2, 0.25) is 0 Å². The number of hydrogen-bond acceptors (Lipinski definition) is 6. The molecule has 37 heavy (non-hydrogen) atoms. The second-order valence-electron chi connectivity index (χ2n) is 9.59. The molecule has 0 aromatic heterocycles. The molecule has 1 heterocycles. The van der Waals surface area contributed by atoms with Gasteiger partial charge in [-0.15, -0.1) is 0 Å². The van der Waals surface area contributed by atoms with Gasteiger partial charge >= 0.3 is 10.3 Å². The fraction of sp³-hybridized carbons (Fsp3) is 0.321. The molecule has 2 N–H and O–H groups in total. The van der Waals surface area contributed by atoms with Crippen LogP contribution in [0.15, 0.2) is 72.8 Å². The first-order valence-corrected chi connectivity index (χ1v) is 13.8. The van der Waals surface area contributed by atoms with Crippen LogP contribution in [0, 0.1) is 0 Å². The van der Waals surface area contributed by atoms with Crippen LogP contribution in [-0.4, -0.2) is 57.9 Å². The molecule has 3 aromatic rings. The van der Waals surface area contributed by atoms with Crippen molar-refractivity contribution >= 4 is 21.9 Å². The van der Waals surface area contributed by atoms with E-state index in [4.69, 9.17) is 9.32 Å². The molecule has 4 rings (SSSR count). The van der Waals surface area contributed by atoms with Crippen molar-refractivity contribution in [2.75, 3.05) is 38.6 Å². The first-order valence-electron chi connectivity index (χ1n) is 12.3. The molecule has 1 aliphatic heterocycles. The molecule has 0 fully saturated rings. The van der Waals surface area contributed by atoms with Crippen molar-refractivity contribution in [2.24, 2.45) is 5.14 Å². The van der Waals surface area contributed by atoms with Gasteiger partial charge in [0, 0.05) is 37.4 Å². The van der Waals surface area contributed by atoms with Gasteiger partial charge < -0.3 is 18.9 Å². The van der Waals surface area contributed by atoms with Crippen LogP contribution in [0.3, 0.4) is 0 Å². The molecule has 0 atom stereocenters. The highest BCUT2D eigenvalue weighted by Crippen LogP contribution is 2.26. The van der Waals surface area contributed by atoms with Crippen molar-refractivity contribution in [3.05, 3.63) is 95.1 Å². The zero-order chi connectivity index (χ0) is 26.4. The molecular formula is C28H34N4O4S. The van der Waals surface area contributed by atoms with Gasteiger partial charge in [0.15, 0.2) is 0 Å². The predicted octanol–water partition coefficient (Wildman–Crippen LogP) is 3.43. The predicted molar refractivity (Wildman–Crippen MR) is 146 cm³/mol. The number of rotatable bonds is 10. The molecule has 1 aliphatic rings. The second-order valence-corrected chi connectivity index (χ2v) is 10.7. The summed E-state index contributed by atoms with van der Waals surface area (Å²) in [4.78, 5) is 19.6. The number of carbonyl (C=O) groups excluding carboxylic acids is 1. The number of anilines is 1. The Morgan fingerprint density at radius 1 is 0.973 bits per heavy atom. The van der Waals surface area contributed by atoms with Crippen molar-refractivity contribution in [2.45, 2.75) is 25.9 Å². The van der Waals surface area contributed by atoms with E-state index >= 15 is 0 Å². The maximum atomic E-state index is 13.3. The Morgan fingerprint density at radius 2 is 1.70 bits per heavy atom. The van der Waals surface area contributed by atoms with E-state index in [1.165, 1.54) is 5.56 Å². The molecule has 0 aliphatic carbocycles. The number of carbonyl (C=O) groups is 1. The fourth-order valence-electron chi connectivity index (χ4n) is 4.57. The normalized spacial score (nSPS) is 13.4. The van der Waals surface area contributed by atoms with Gasteiger partial charge in [0.2, 0.25) is 0 Å². The van der Waals surface area contributed by atoms with Crippen LogP contribution < -0.4 is 14.2 Å². The Kier molecular flexibility index (Phi) is 8.48. The van der Waals surface area contributed by atoms with Crippen LogP contribution in [0.4, 0.5) is 5.69 Å². The average Bonchev–Trinajstić information content (AvgIpc) is 2.87. The van der Waals surface area contributed by atoms with Crippen molar-refractivity contribution in [1.82, 2.24) is 9.80 Å². The Hall–Kier alpha value is -3.40. The SMILES string of the molecule is CN(C)CCCN(Cc1ccccc1)c1ccc(C(=O)N2CCc3ccc(OS(N)(=O)=O)cc3C2)cc1. The molecule has 0 bridgehead atoms. The van der Waals surface area contributed by atoms with Crippen molar-refractivity contribution in [3.63, 3.8) is 0 Å². The van der Waals surface area contributed by atoms with Crippen LogP contribution in [0.25, 0.3) is 0 Å². The van der Waals surface area contributed by atoms with Crippen LogP contribution in [-0.2, 0) is 29.8 Å². The Bertz CT molecular complexity index is 1310. The first-order chi connectivity index (χ1) is 17.7. The van der Waals surface area contributed by atoms with Gasteiger partial charge in [-0.3, -0.25) is 4.79 Å². The van der Waals surface area contributed by atoms with Gasteiger partial charge in [-0.25, -0.2) is 0 Å². The minimum absolute atomic E-state index is 0.0582. The third-order valence-electron chi connectivity index (χ3n) is 6.42. The first kappa shape index (κ1) is 26.7. The van der Waals surface area contributed by atoms with E-state index in [1.54, 1.807) is 17.0 Å². The minimum Gasteiger partial charge on any atom is -0.371 e. The summed E-state index contributed by atoms with van der Waals surface area (Å²) in [7, 11) is 0.0514. The maximum absolute atomic E-state index is 13.3. The lowest BCUT2D eigenvalue weighted by atomic mass is 9.99. The van der Waals surface area contributed by atoms with Gasteiger partial charge in [0.05, 0.1) is 0 Å². The van der Waals surface area contributed by atoms with E-state index in [1.807, 2.05) is 36.4 Å². The topological polar surface area (TPSA) is 96.2 Å². The molecule has 0 radical (unpaired) electrons. The zero-order valence-corrected chi connectivity index (χ0v) is 22.2. The largest absolute Gasteiger partial charge is 0.380 e. The summed E-state index contributed by atoms with van der Waals surface area (Å²) < 4.78 is 27.4. The molecule has 196 valence electrons. The summed E-state index contributed by atoms with van der Waals surface area (Å²) in [6.45, 7) is 3.68. The third-order valence-corrected chi connectivity index (χ3v) is 6.84. The monoisotopic (exact) mass is 522 g/mol. The molecule has 0 saturated heterocycles. The summed E-state index contributed by atoms with van der Waals surface area (Å²) in [6.07, 6.45) is 1.72. The molecule has 0 saturated carbocycles. The lowest BCUT2D eigenvalue weighted by Gasteiger charge is -2.30. The highest BCUT2D eigenvalue weighted by molar-refractivity contribution is 7.84. The van der Waals surface area contributed by atoms with Gasteiger partial charge in [0.25, 0.3) is 5.91 Å². The summed E-state index contributed by atoms with van der Waals surface area (Å²) in [5, 5.41) is 4.99. The Morgan fingerprint density at radius 3 is 2.38 bits per heavy atom. The van der Waals surface area contributed by atoms with Gasteiger partial charge in [0.1, 0.15) is 5.75 Å². The number of nitrogens with zero attached hydrogens (tertiary/aromatic N) is 3. The molecule has 1 amide bonds. The van der Waals surface area contributed by atoms with Crippen LogP contribution >= 0.6 is 0 Å². The molecule has 9 heteroatoms. The summed E-state index contributed by atoms with van der Waals surface area (Å²) >= 11 is 0. The molecular weight excluding hydrogens is 488 g/mol. The minimum atomic E-state index is -4.11. The van der Waals surface area contributed by atoms with Gasteiger partial charge in [-0.2, -0.15) is 13.6 Å². The second kappa shape index (κ2) is 11.8. The van der Waals surface area contributed by atoms with Gasteiger partial charge in [-0.05, 0) is 86.6 Å². The maximum Gasteiger partial charge on any atom is 0.380 e. The summed E-state index contributed by atoms with van der Waals surface area (Å²) in [6, 6.07) is 23.2. The Labute approximate surface area is 219 Å². The molecule has 8 nitrogen and oxygen atoms in total. The van der Waals surface area contributed by atoms with Gasteiger partial charge in [-0.1, -0.05) is 36.4 Å². The van der Waals surface area contributed by atoms with Crippen LogP contribution in [0.1, 0.15) is 33.5 Å². The van der Waals surface area contributed by atoms with E-state index in [0.29, 0.717) is 25.1 Å². The number of fused-ring (bicyclic) bond motifs is 1. The molecule has 3 aromatic carbocycles.